The van der Waals surface area contributed by atoms with Gasteiger partial charge in [0.2, 0.25) is 0 Å². The molecule has 4 rings (SSSR count). The van der Waals surface area contributed by atoms with Crippen molar-refractivity contribution >= 4 is 51.1 Å². The molecular formula is C23H23N5O6S2. The van der Waals surface area contributed by atoms with Crippen LogP contribution in [0.5, 0.6) is 11.5 Å². The molecule has 0 spiro atoms. The largest absolute Gasteiger partial charge is 0.493 e. The van der Waals surface area contributed by atoms with E-state index in [0.717, 1.165) is 5.56 Å². The molecule has 2 heterocycles. The number of anilines is 2. The van der Waals surface area contributed by atoms with Crippen molar-refractivity contribution < 1.29 is 23.9 Å². The highest BCUT2D eigenvalue weighted by atomic mass is 32.1. The molecule has 0 atom stereocenters. The number of non-ortho nitro benzene ring substituents is 1. The molecule has 1 aromatic heterocycles. The van der Waals surface area contributed by atoms with E-state index in [1.54, 1.807) is 26.4 Å². The fourth-order valence-corrected chi connectivity index (χ4v) is 4.64. The maximum atomic E-state index is 13.1. The summed E-state index contributed by atoms with van der Waals surface area (Å²) in [6.45, 7) is 2.15. The summed E-state index contributed by atoms with van der Waals surface area (Å²) >= 11 is 6.62. The summed E-state index contributed by atoms with van der Waals surface area (Å²) in [5.74, 6) is 0.624. The van der Waals surface area contributed by atoms with E-state index in [2.05, 4.69) is 15.6 Å². The average molecular weight is 530 g/mol. The van der Waals surface area contributed by atoms with Gasteiger partial charge in [0.05, 0.1) is 49.3 Å². The van der Waals surface area contributed by atoms with E-state index in [9.17, 15) is 14.9 Å². The van der Waals surface area contributed by atoms with Crippen LogP contribution in [0.2, 0.25) is 0 Å². The summed E-state index contributed by atoms with van der Waals surface area (Å²) in [5, 5.41) is 19.1. The van der Waals surface area contributed by atoms with E-state index in [1.165, 1.54) is 23.5 Å². The van der Waals surface area contributed by atoms with Gasteiger partial charge in [-0.1, -0.05) is 0 Å². The summed E-state index contributed by atoms with van der Waals surface area (Å²) in [6, 6.07) is 9.66. The number of nitro groups is 1. The number of aromatic nitrogens is 1. The normalized spacial score (nSPS) is 13.1. The third-order valence-corrected chi connectivity index (χ3v) is 6.38. The number of nitrogens with zero attached hydrogens (tertiary/aromatic N) is 3. The highest BCUT2D eigenvalue weighted by Gasteiger charge is 2.23. The lowest BCUT2D eigenvalue weighted by Gasteiger charge is -2.30. The third kappa shape index (κ3) is 5.70. The van der Waals surface area contributed by atoms with Crippen LogP contribution in [0.25, 0.3) is 11.3 Å². The van der Waals surface area contributed by atoms with E-state index in [-0.39, 0.29) is 16.4 Å². The van der Waals surface area contributed by atoms with Gasteiger partial charge in [0.25, 0.3) is 11.6 Å². The summed E-state index contributed by atoms with van der Waals surface area (Å²) in [5.41, 5.74) is 2.05. The molecule has 0 saturated carbocycles. The lowest BCUT2D eigenvalue weighted by Crippen LogP contribution is -2.39. The van der Waals surface area contributed by atoms with E-state index in [0.29, 0.717) is 54.3 Å². The SMILES string of the molecule is COc1ccc(-c2csc(NC(=S)NC(=O)c3cc([N+](=O)[O-])ccc3N3CCOCC3)n2)cc1OC. The third-order valence-electron chi connectivity index (χ3n) is 5.42. The quantitative estimate of drug-likeness (QED) is 0.266. The number of thiocarbonyl (C=S) groups is 1. The topological polar surface area (TPSA) is 128 Å². The van der Waals surface area contributed by atoms with Crippen LogP contribution in [0.4, 0.5) is 16.5 Å². The van der Waals surface area contributed by atoms with Gasteiger partial charge in [0.1, 0.15) is 0 Å². The molecule has 1 saturated heterocycles. The Morgan fingerprint density at radius 1 is 1.17 bits per heavy atom. The molecule has 188 valence electrons. The lowest BCUT2D eigenvalue weighted by molar-refractivity contribution is -0.384. The number of benzene rings is 2. The van der Waals surface area contributed by atoms with E-state index >= 15 is 0 Å². The summed E-state index contributed by atoms with van der Waals surface area (Å²) in [4.78, 5) is 30.3. The Morgan fingerprint density at radius 2 is 1.92 bits per heavy atom. The molecule has 2 N–H and O–H groups in total. The van der Waals surface area contributed by atoms with Crippen LogP contribution in [-0.4, -0.2) is 61.4 Å². The molecule has 1 aliphatic heterocycles. The van der Waals surface area contributed by atoms with Crippen LogP contribution in [0.3, 0.4) is 0 Å². The average Bonchev–Trinajstić information content (AvgIpc) is 3.36. The molecule has 0 aliphatic carbocycles. The molecule has 0 bridgehead atoms. The Kier molecular flexibility index (Phi) is 7.93. The second kappa shape index (κ2) is 11.3. The number of nitrogens with one attached hydrogen (secondary N) is 2. The van der Waals surface area contributed by atoms with E-state index in [1.807, 2.05) is 22.4 Å². The predicted molar refractivity (Wildman–Crippen MR) is 140 cm³/mol. The Hall–Kier alpha value is -3.81. The highest BCUT2D eigenvalue weighted by molar-refractivity contribution is 7.80. The van der Waals surface area contributed by atoms with Gasteiger partial charge < -0.3 is 24.4 Å². The zero-order chi connectivity index (χ0) is 25.7. The Morgan fingerprint density at radius 3 is 2.61 bits per heavy atom. The van der Waals surface area contributed by atoms with Gasteiger partial charge in [0, 0.05) is 36.2 Å². The van der Waals surface area contributed by atoms with Crippen LogP contribution in [0.1, 0.15) is 10.4 Å². The number of amides is 1. The first-order chi connectivity index (χ1) is 17.4. The molecule has 0 unspecified atom stereocenters. The molecule has 11 nitrogen and oxygen atoms in total. The second-order valence-corrected chi connectivity index (χ2v) is 8.84. The van der Waals surface area contributed by atoms with Crippen LogP contribution >= 0.6 is 23.6 Å². The molecule has 1 aliphatic rings. The van der Waals surface area contributed by atoms with Gasteiger partial charge in [0.15, 0.2) is 21.7 Å². The molecule has 3 aromatic rings. The number of methoxy groups -OCH3 is 2. The monoisotopic (exact) mass is 529 g/mol. The standard InChI is InChI=1S/C23H23N5O6S2/c1-32-19-6-3-14(11-20(19)33-2)17-13-36-23(24-17)26-22(35)25-21(29)16-12-15(28(30)31)4-5-18(16)27-7-9-34-10-8-27/h3-6,11-13H,7-10H2,1-2H3,(H2,24,25,26,29,35). The van der Waals surface area contributed by atoms with Crippen molar-refractivity contribution in [2.45, 2.75) is 0 Å². The number of ether oxygens (including phenoxy) is 3. The van der Waals surface area contributed by atoms with Crippen molar-refractivity contribution in [1.82, 2.24) is 10.3 Å². The molecule has 1 fully saturated rings. The van der Waals surface area contributed by atoms with Crippen LogP contribution in [0, 0.1) is 10.1 Å². The zero-order valence-corrected chi connectivity index (χ0v) is 21.1. The lowest BCUT2D eigenvalue weighted by atomic mass is 10.1. The number of thiazole rings is 1. The van der Waals surface area contributed by atoms with Gasteiger partial charge >= 0.3 is 0 Å². The van der Waals surface area contributed by atoms with Crippen molar-refractivity contribution in [3.05, 3.63) is 57.5 Å². The highest BCUT2D eigenvalue weighted by Crippen LogP contribution is 2.33. The molecule has 1 amide bonds. The Balaban J connectivity index is 1.48. The Labute approximate surface area is 216 Å². The number of morpholine rings is 1. The van der Waals surface area contributed by atoms with Gasteiger partial charge in [-0.05, 0) is 36.5 Å². The van der Waals surface area contributed by atoms with Gasteiger partial charge in [-0.2, -0.15) is 0 Å². The second-order valence-electron chi connectivity index (χ2n) is 7.57. The maximum Gasteiger partial charge on any atom is 0.270 e. The molecule has 13 heteroatoms. The molecule has 2 aromatic carbocycles. The van der Waals surface area contributed by atoms with Gasteiger partial charge in [-0.3, -0.25) is 20.2 Å². The summed E-state index contributed by atoms with van der Waals surface area (Å²) in [7, 11) is 3.12. The molecule has 36 heavy (non-hydrogen) atoms. The minimum absolute atomic E-state index is 0.0210. The van der Waals surface area contributed by atoms with E-state index in [4.69, 9.17) is 26.4 Å². The van der Waals surface area contributed by atoms with Crippen molar-refractivity contribution in [3.8, 4) is 22.8 Å². The summed E-state index contributed by atoms with van der Waals surface area (Å²) < 4.78 is 16.0. The van der Waals surface area contributed by atoms with Crippen LogP contribution < -0.4 is 25.0 Å². The number of nitro benzene ring substituents is 1. The number of rotatable bonds is 7. The van der Waals surface area contributed by atoms with Crippen LogP contribution in [-0.2, 0) is 4.74 Å². The fraction of sp³-hybridized carbons (Fsp3) is 0.261. The smallest absolute Gasteiger partial charge is 0.270 e. The minimum Gasteiger partial charge on any atom is -0.493 e. The number of carbonyl (C=O) groups excluding carboxylic acids is 1. The van der Waals surface area contributed by atoms with Crippen molar-refractivity contribution in [1.29, 1.82) is 0 Å². The number of carbonyl (C=O) groups is 1. The van der Waals surface area contributed by atoms with E-state index < -0.39 is 10.8 Å². The number of hydrogen-bond acceptors (Lipinski definition) is 10. The van der Waals surface area contributed by atoms with Crippen molar-refractivity contribution in [3.63, 3.8) is 0 Å². The number of hydrogen-bond donors (Lipinski definition) is 2. The first-order valence-electron chi connectivity index (χ1n) is 10.8. The summed E-state index contributed by atoms with van der Waals surface area (Å²) in [6.07, 6.45) is 0. The first-order valence-corrected chi connectivity index (χ1v) is 12.1. The Bertz CT molecular complexity index is 1290. The maximum absolute atomic E-state index is 13.1. The zero-order valence-electron chi connectivity index (χ0n) is 19.5. The fourth-order valence-electron chi connectivity index (χ4n) is 3.66. The van der Waals surface area contributed by atoms with Crippen LogP contribution in [0.15, 0.2) is 41.8 Å². The van der Waals surface area contributed by atoms with Crippen molar-refractivity contribution in [2.24, 2.45) is 0 Å². The minimum atomic E-state index is -0.561. The first kappa shape index (κ1) is 25.3. The molecule has 0 radical (unpaired) electrons. The predicted octanol–water partition coefficient (Wildman–Crippen LogP) is 3.70. The van der Waals surface area contributed by atoms with Crippen molar-refractivity contribution in [2.75, 3.05) is 50.7 Å². The van der Waals surface area contributed by atoms with Gasteiger partial charge in [-0.15, -0.1) is 11.3 Å². The molecular weight excluding hydrogens is 506 g/mol. The van der Waals surface area contributed by atoms with Gasteiger partial charge in [-0.25, -0.2) is 4.98 Å².